The molecule has 0 fully saturated rings. The number of benzene rings is 1. The maximum atomic E-state index is 13.8. The third-order valence-electron chi connectivity index (χ3n) is 3.21. The molecule has 1 aromatic carbocycles. The number of nitrogens with two attached hydrogens (primary N) is 1. The summed E-state index contributed by atoms with van der Waals surface area (Å²) in [5.74, 6) is -2.34. The highest BCUT2D eigenvalue weighted by atomic mass is 32.2. The molecule has 0 aliphatic heterocycles. The van der Waals surface area contributed by atoms with Gasteiger partial charge in [-0.1, -0.05) is 6.92 Å². The van der Waals surface area contributed by atoms with E-state index in [9.17, 15) is 17.2 Å². The molecule has 1 rings (SSSR count). The van der Waals surface area contributed by atoms with Crippen LogP contribution in [0.1, 0.15) is 26.7 Å². The summed E-state index contributed by atoms with van der Waals surface area (Å²) in [5, 5.41) is 8.96. The summed E-state index contributed by atoms with van der Waals surface area (Å²) in [4.78, 5) is -0.714. The normalized spacial score (nSPS) is 15.1. The predicted octanol–water partition coefficient (Wildman–Crippen LogP) is 1.38. The second-order valence-corrected chi connectivity index (χ2v) is 6.42. The molecule has 0 aliphatic carbocycles. The van der Waals surface area contributed by atoms with E-state index < -0.39 is 37.8 Å². The molecule has 0 saturated carbocycles. The highest BCUT2D eigenvalue weighted by Gasteiger charge is 2.31. The van der Waals surface area contributed by atoms with Gasteiger partial charge in [-0.3, -0.25) is 0 Å². The van der Waals surface area contributed by atoms with Gasteiger partial charge in [-0.2, -0.15) is 0 Å². The van der Waals surface area contributed by atoms with Crippen molar-refractivity contribution in [1.29, 1.82) is 0 Å². The minimum absolute atomic E-state index is 0.168. The van der Waals surface area contributed by atoms with Crippen LogP contribution >= 0.6 is 0 Å². The van der Waals surface area contributed by atoms with Gasteiger partial charge in [0.1, 0.15) is 16.4 Å². The molecular weight excluding hydrogens is 290 g/mol. The van der Waals surface area contributed by atoms with Crippen molar-refractivity contribution in [2.24, 2.45) is 0 Å². The largest absolute Gasteiger partial charge is 0.396 e. The summed E-state index contributed by atoms with van der Waals surface area (Å²) in [7, 11) is -4.20. The molecule has 1 atom stereocenters. The lowest BCUT2D eigenvalue weighted by atomic mass is 9.97. The Hall–Kier alpha value is -1.25. The Kier molecular flexibility index (Phi) is 5.06. The highest BCUT2D eigenvalue weighted by Crippen LogP contribution is 2.25. The monoisotopic (exact) mass is 308 g/mol. The summed E-state index contributed by atoms with van der Waals surface area (Å²) in [6.07, 6.45) is 0.562. The van der Waals surface area contributed by atoms with Crippen molar-refractivity contribution in [2.45, 2.75) is 37.1 Å². The van der Waals surface area contributed by atoms with Gasteiger partial charge < -0.3 is 10.8 Å². The van der Waals surface area contributed by atoms with Gasteiger partial charge in [-0.15, -0.1) is 0 Å². The minimum Gasteiger partial charge on any atom is -0.396 e. The van der Waals surface area contributed by atoms with Crippen molar-refractivity contribution >= 4 is 15.7 Å². The van der Waals surface area contributed by atoms with Gasteiger partial charge >= 0.3 is 0 Å². The van der Waals surface area contributed by atoms with Crippen molar-refractivity contribution in [3.05, 3.63) is 23.8 Å². The van der Waals surface area contributed by atoms with Crippen LogP contribution in [0, 0.1) is 11.6 Å². The van der Waals surface area contributed by atoms with Crippen molar-refractivity contribution in [3.8, 4) is 0 Å². The number of hydrogen-bond donors (Lipinski definition) is 3. The second kappa shape index (κ2) is 6.02. The standard InChI is InChI=1S/C12H18F2N2O3S/c1-3-12(2,6-7-17)16-20(18,19)9-5-4-8(13)11(15)10(9)14/h4-5,16-17H,3,6-7,15H2,1-2H3. The minimum atomic E-state index is -4.20. The maximum Gasteiger partial charge on any atom is 0.244 e. The summed E-state index contributed by atoms with van der Waals surface area (Å²) < 4.78 is 53.5. The summed E-state index contributed by atoms with van der Waals surface area (Å²) in [5.41, 5.74) is 3.39. The van der Waals surface area contributed by atoms with Crippen LogP contribution in [0.2, 0.25) is 0 Å². The summed E-state index contributed by atoms with van der Waals surface area (Å²) in [6.45, 7) is 3.10. The zero-order valence-corrected chi connectivity index (χ0v) is 12.1. The lowest BCUT2D eigenvalue weighted by Gasteiger charge is -2.28. The topological polar surface area (TPSA) is 92.4 Å². The molecule has 0 radical (unpaired) electrons. The van der Waals surface area contributed by atoms with E-state index in [1.54, 1.807) is 13.8 Å². The van der Waals surface area contributed by atoms with Gasteiger partial charge in [0, 0.05) is 12.1 Å². The van der Waals surface area contributed by atoms with Crippen LogP contribution in [0.5, 0.6) is 0 Å². The first-order valence-electron chi connectivity index (χ1n) is 6.05. The van der Waals surface area contributed by atoms with Crippen LogP contribution in [0.15, 0.2) is 17.0 Å². The number of aliphatic hydroxyl groups excluding tert-OH is 1. The van der Waals surface area contributed by atoms with Crippen LogP contribution < -0.4 is 10.5 Å². The lowest BCUT2D eigenvalue weighted by Crippen LogP contribution is -2.46. The first-order chi connectivity index (χ1) is 9.17. The molecule has 0 saturated heterocycles. The molecule has 0 spiro atoms. The predicted molar refractivity (Wildman–Crippen MR) is 71.5 cm³/mol. The number of nitrogens with one attached hydrogen (secondary N) is 1. The molecule has 0 aliphatic rings. The Morgan fingerprint density at radius 2 is 2.00 bits per heavy atom. The van der Waals surface area contributed by atoms with E-state index in [2.05, 4.69) is 4.72 Å². The molecule has 0 amide bonds. The number of halogens is 2. The third kappa shape index (κ3) is 3.44. The maximum absolute atomic E-state index is 13.8. The zero-order valence-electron chi connectivity index (χ0n) is 11.3. The SMILES string of the molecule is CCC(C)(CCO)NS(=O)(=O)c1ccc(F)c(N)c1F. The van der Waals surface area contributed by atoms with Crippen LogP contribution in [-0.4, -0.2) is 25.7 Å². The van der Waals surface area contributed by atoms with Crippen molar-refractivity contribution in [1.82, 2.24) is 4.72 Å². The molecule has 8 heteroatoms. The van der Waals surface area contributed by atoms with Crippen molar-refractivity contribution in [2.75, 3.05) is 12.3 Å². The van der Waals surface area contributed by atoms with Gasteiger partial charge in [0.25, 0.3) is 0 Å². The van der Waals surface area contributed by atoms with Crippen molar-refractivity contribution < 1.29 is 22.3 Å². The molecule has 1 unspecified atom stereocenters. The molecule has 0 heterocycles. The van der Waals surface area contributed by atoms with E-state index in [0.29, 0.717) is 6.42 Å². The quantitative estimate of drug-likeness (QED) is 0.692. The Bertz CT molecular complexity index is 593. The van der Waals surface area contributed by atoms with Crippen molar-refractivity contribution in [3.63, 3.8) is 0 Å². The lowest BCUT2D eigenvalue weighted by molar-refractivity contribution is 0.233. The molecule has 0 aromatic heterocycles. The van der Waals surface area contributed by atoms with Gasteiger partial charge in [-0.05, 0) is 31.9 Å². The fraction of sp³-hybridized carbons (Fsp3) is 0.500. The Morgan fingerprint density at radius 1 is 1.40 bits per heavy atom. The first kappa shape index (κ1) is 16.8. The third-order valence-corrected chi connectivity index (χ3v) is 4.86. The molecule has 5 nitrogen and oxygen atoms in total. The van der Waals surface area contributed by atoms with Crippen LogP contribution in [0.25, 0.3) is 0 Å². The zero-order chi connectivity index (χ0) is 15.6. The molecule has 0 bridgehead atoms. The van der Waals surface area contributed by atoms with Crippen LogP contribution in [-0.2, 0) is 10.0 Å². The van der Waals surface area contributed by atoms with E-state index >= 15 is 0 Å². The Morgan fingerprint density at radius 3 is 2.50 bits per heavy atom. The smallest absolute Gasteiger partial charge is 0.244 e. The van der Waals surface area contributed by atoms with Crippen LogP contribution in [0.3, 0.4) is 0 Å². The Balaban J connectivity index is 3.21. The number of sulfonamides is 1. The van der Waals surface area contributed by atoms with E-state index in [-0.39, 0.29) is 13.0 Å². The van der Waals surface area contributed by atoms with Gasteiger partial charge in [-0.25, -0.2) is 21.9 Å². The summed E-state index contributed by atoms with van der Waals surface area (Å²) >= 11 is 0. The van der Waals surface area contributed by atoms with Crippen LogP contribution in [0.4, 0.5) is 14.5 Å². The van der Waals surface area contributed by atoms with Gasteiger partial charge in [0.05, 0.1) is 0 Å². The van der Waals surface area contributed by atoms with E-state index in [1.165, 1.54) is 0 Å². The van der Waals surface area contributed by atoms with Gasteiger partial charge in [0.2, 0.25) is 10.0 Å². The highest BCUT2D eigenvalue weighted by molar-refractivity contribution is 7.89. The number of rotatable bonds is 6. The second-order valence-electron chi connectivity index (χ2n) is 4.77. The number of aliphatic hydroxyl groups is 1. The molecule has 1 aromatic rings. The fourth-order valence-corrected chi connectivity index (χ4v) is 3.28. The molecule has 20 heavy (non-hydrogen) atoms. The van der Waals surface area contributed by atoms with E-state index in [4.69, 9.17) is 10.8 Å². The average Bonchev–Trinajstić information content (AvgIpc) is 2.35. The first-order valence-corrected chi connectivity index (χ1v) is 7.53. The number of hydrogen-bond acceptors (Lipinski definition) is 4. The van der Waals surface area contributed by atoms with E-state index in [1.807, 2.05) is 0 Å². The van der Waals surface area contributed by atoms with E-state index in [0.717, 1.165) is 12.1 Å². The fourth-order valence-electron chi connectivity index (χ4n) is 1.68. The van der Waals surface area contributed by atoms with Gasteiger partial charge in [0.15, 0.2) is 5.82 Å². The summed E-state index contributed by atoms with van der Waals surface area (Å²) in [6, 6.07) is 1.61. The molecule has 114 valence electrons. The number of anilines is 1. The Labute approximate surface area is 116 Å². The average molecular weight is 308 g/mol. The molecule has 4 N–H and O–H groups in total. The number of nitrogen functional groups attached to an aromatic ring is 1. The molecular formula is C12H18F2N2O3S.